The van der Waals surface area contributed by atoms with Gasteiger partial charge >= 0.3 is 11.7 Å². The van der Waals surface area contributed by atoms with Gasteiger partial charge < -0.3 is 20.5 Å². The van der Waals surface area contributed by atoms with E-state index in [1.165, 1.54) is 12.1 Å². The molecular formula is C19H21Cl2N5O2. The molecule has 3 rings (SSSR count). The number of anilines is 1. The SMILES string of the molecule is CN(C)CCNCc1ccc(NC(=O)n2c(=O)[nH]c3cc(Cl)c(Cl)cc32)cc1. The molecule has 2 aromatic carbocycles. The predicted molar refractivity (Wildman–Crippen MR) is 114 cm³/mol. The van der Waals surface area contributed by atoms with Crippen molar-refractivity contribution in [3.63, 3.8) is 0 Å². The van der Waals surface area contributed by atoms with Crippen LogP contribution in [0.5, 0.6) is 0 Å². The number of carbonyl (C=O) groups is 1. The van der Waals surface area contributed by atoms with Gasteiger partial charge in [0, 0.05) is 25.3 Å². The highest BCUT2D eigenvalue weighted by Gasteiger charge is 2.16. The normalized spacial score (nSPS) is 11.3. The Balaban J connectivity index is 1.70. The average Bonchev–Trinajstić information content (AvgIpc) is 2.95. The van der Waals surface area contributed by atoms with E-state index in [1.807, 2.05) is 26.2 Å². The monoisotopic (exact) mass is 421 g/mol. The number of aromatic amines is 1. The Hall–Kier alpha value is -2.32. The lowest BCUT2D eigenvalue weighted by atomic mass is 10.2. The van der Waals surface area contributed by atoms with E-state index in [1.54, 1.807) is 12.1 Å². The molecule has 28 heavy (non-hydrogen) atoms. The number of hydrogen-bond donors (Lipinski definition) is 3. The fraction of sp³-hybridized carbons (Fsp3) is 0.263. The van der Waals surface area contributed by atoms with Crippen molar-refractivity contribution in [3.8, 4) is 0 Å². The van der Waals surface area contributed by atoms with Gasteiger partial charge in [0.2, 0.25) is 0 Å². The van der Waals surface area contributed by atoms with Crippen molar-refractivity contribution >= 4 is 46.0 Å². The van der Waals surface area contributed by atoms with Gasteiger partial charge in [-0.15, -0.1) is 0 Å². The number of likely N-dealkylation sites (N-methyl/N-ethyl adjacent to an activating group) is 1. The second-order valence-corrected chi connectivity index (χ2v) is 7.47. The molecule has 9 heteroatoms. The molecule has 7 nitrogen and oxygen atoms in total. The zero-order valence-electron chi connectivity index (χ0n) is 15.6. The first-order chi connectivity index (χ1) is 13.3. The van der Waals surface area contributed by atoms with Crippen LogP contribution in [0.25, 0.3) is 11.0 Å². The number of aromatic nitrogens is 2. The number of nitrogens with one attached hydrogen (secondary N) is 3. The summed E-state index contributed by atoms with van der Waals surface area (Å²) in [6.45, 7) is 2.59. The number of fused-ring (bicyclic) bond motifs is 1. The molecule has 0 aliphatic carbocycles. The zero-order valence-corrected chi connectivity index (χ0v) is 17.1. The molecule has 0 bridgehead atoms. The number of rotatable bonds is 6. The van der Waals surface area contributed by atoms with E-state index in [9.17, 15) is 9.59 Å². The van der Waals surface area contributed by atoms with Crippen molar-refractivity contribution < 1.29 is 4.79 Å². The van der Waals surface area contributed by atoms with Crippen LogP contribution in [-0.2, 0) is 6.54 Å². The number of nitrogens with zero attached hydrogens (tertiary/aromatic N) is 2. The number of benzene rings is 2. The highest BCUT2D eigenvalue weighted by atomic mass is 35.5. The van der Waals surface area contributed by atoms with E-state index >= 15 is 0 Å². The van der Waals surface area contributed by atoms with E-state index < -0.39 is 11.7 Å². The first kappa shape index (κ1) is 20.4. The van der Waals surface area contributed by atoms with Gasteiger partial charge in [0.1, 0.15) is 0 Å². The van der Waals surface area contributed by atoms with Crippen molar-refractivity contribution in [2.75, 3.05) is 32.5 Å². The van der Waals surface area contributed by atoms with E-state index in [2.05, 4.69) is 20.5 Å². The fourth-order valence-electron chi connectivity index (χ4n) is 2.72. The van der Waals surface area contributed by atoms with Crippen LogP contribution in [0.15, 0.2) is 41.2 Å². The van der Waals surface area contributed by atoms with Gasteiger partial charge in [0.25, 0.3) is 0 Å². The summed E-state index contributed by atoms with van der Waals surface area (Å²) in [5.74, 6) is 0. The van der Waals surface area contributed by atoms with Crippen LogP contribution >= 0.6 is 23.2 Å². The van der Waals surface area contributed by atoms with Crippen molar-refractivity contribution in [1.29, 1.82) is 0 Å². The van der Waals surface area contributed by atoms with Crippen LogP contribution in [0.1, 0.15) is 5.56 Å². The lowest BCUT2D eigenvalue weighted by molar-refractivity contribution is 0.253. The van der Waals surface area contributed by atoms with Crippen molar-refractivity contribution in [1.82, 2.24) is 19.8 Å². The molecule has 3 aromatic rings. The maximum atomic E-state index is 12.6. The molecule has 0 unspecified atom stereocenters. The molecule has 0 aliphatic rings. The van der Waals surface area contributed by atoms with Gasteiger partial charge in [-0.05, 0) is 43.9 Å². The van der Waals surface area contributed by atoms with Gasteiger partial charge in [0.05, 0.1) is 21.1 Å². The molecule has 1 amide bonds. The van der Waals surface area contributed by atoms with Crippen LogP contribution in [0, 0.1) is 0 Å². The molecule has 1 aromatic heterocycles. The first-order valence-corrected chi connectivity index (χ1v) is 9.46. The Morgan fingerprint density at radius 3 is 2.50 bits per heavy atom. The predicted octanol–water partition coefficient (Wildman–Crippen LogP) is 3.37. The molecule has 1 heterocycles. The molecule has 0 atom stereocenters. The molecule has 0 saturated carbocycles. The van der Waals surface area contributed by atoms with Crippen LogP contribution in [-0.4, -0.2) is 47.7 Å². The fourth-order valence-corrected chi connectivity index (χ4v) is 3.05. The molecule has 0 saturated heterocycles. The van der Waals surface area contributed by atoms with E-state index in [0.29, 0.717) is 21.7 Å². The summed E-state index contributed by atoms with van der Waals surface area (Å²) in [4.78, 5) is 29.5. The number of H-pyrrole nitrogens is 1. The van der Waals surface area contributed by atoms with Crippen LogP contribution in [0.2, 0.25) is 10.0 Å². The summed E-state index contributed by atoms with van der Waals surface area (Å²) in [5.41, 5.74) is 1.92. The molecule has 0 spiro atoms. The van der Waals surface area contributed by atoms with Crippen molar-refractivity contribution in [2.24, 2.45) is 0 Å². The lowest BCUT2D eigenvalue weighted by Gasteiger charge is -2.11. The van der Waals surface area contributed by atoms with E-state index in [0.717, 1.165) is 29.8 Å². The lowest BCUT2D eigenvalue weighted by Crippen LogP contribution is -2.29. The van der Waals surface area contributed by atoms with E-state index in [-0.39, 0.29) is 5.02 Å². The van der Waals surface area contributed by atoms with Crippen LogP contribution in [0.3, 0.4) is 0 Å². The third-order valence-corrected chi connectivity index (χ3v) is 4.92. The molecule has 0 radical (unpaired) electrons. The Kier molecular flexibility index (Phi) is 6.41. The van der Waals surface area contributed by atoms with Crippen molar-refractivity contribution in [2.45, 2.75) is 6.54 Å². The number of carbonyl (C=O) groups excluding carboxylic acids is 1. The zero-order chi connectivity index (χ0) is 20.3. The molecule has 0 aliphatic heterocycles. The Labute approximate surface area is 172 Å². The second kappa shape index (κ2) is 8.79. The molecule has 148 valence electrons. The second-order valence-electron chi connectivity index (χ2n) is 6.66. The molecular weight excluding hydrogens is 401 g/mol. The standard InChI is InChI=1S/C19H21Cl2N5O2/c1-25(2)8-7-22-11-12-3-5-13(6-4-12)23-18(27)26-17-10-15(21)14(20)9-16(17)24-19(26)28/h3-6,9-10,22H,7-8,11H2,1-2H3,(H,23,27)(H,24,28). The number of halogens is 2. The summed E-state index contributed by atoms with van der Waals surface area (Å²) < 4.78 is 0.994. The summed E-state index contributed by atoms with van der Waals surface area (Å²) in [7, 11) is 4.06. The average molecular weight is 422 g/mol. The molecule has 0 fully saturated rings. The third kappa shape index (κ3) is 4.74. The topological polar surface area (TPSA) is 82.2 Å². The van der Waals surface area contributed by atoms with Crippen LogP contribution in [0.4, 0.5) is 10.5 Å². The van der Waals surface area contributed by atoms with Gasteiger partial charge in [-0.1, -0.05) is 35.3 Å². The minimum Gasteiger partial charge on any atom is -0.311 e. The number of hydrogen-bond acceptors (Lipinski definition) is 4. The van der Waals surface area contributed by atoms with Crippen molar-refractivity contribution in [3.05, 3.63) is 62.5 Å². The number of imidazole rings is 1. The maximum absolute atomic E-state index is 12.6. The summed E-state index contributed by atoms with van der Waals surface area (Å²) in [5, 5.41) is 6.64. The first-order valence-electron chi connectivity index (χ1n) is 8.70. The highest BCUT2D eigenvalue weighted by molar-refractivity contribution is 6.42. The summed E-state index contributed by atoms with van der Waals surface area (Å²) in [6.07, 6.45) is 0. The van der Waals surface area contributed by atoms with Crippen LogP contribution < -0.4 is 16.3 Å². The quantitative estimate of drug-likeness (QED) is 0.532. The minimum absolute atomic E-state index is 0.265. The largest absolute Gasteiger partial charge is 0.334 e. The minimum atomic E-state index is -0.577. The van der Waals surface area contributed by atoms with Gasteiger partial charge in [-0.2, -0.15) is 0 Å². The number of amides is 1. The van der Waals surface area contributed by atoms with Gasteiger partial charge in [-0.25, -0.2) is 14.2 Å². The summed E-state index contributed by atoms with van der Waals surface area (Å²) >= 11 is 12.0. The Bertz CT molecular complexity index is 1040. The highest BCUT2D eigenvalue weighted by Crippen LogP contribution is 2.26. The Morgan fingerprint density at radius 2 is 1.82 bits per heavy atom. The van der Waals surface area contributed by atoms with E-state index in [4.69, 9.17) is 23.2 Å². The maximum Gasteiger partial charge on any atom is 0.334 e. The Morgan fingerprint density at radius 1 is 1.14 bits per heavy atom. The van der Waals surface area contributed by atoms with Gasteiger partial charge in [-0.3, -0.25) is 0 Å². The summed E-state index contributed by atoms with van der Waals surface area (Å²) in [6, 6.07) is 9.86. The third-order valence-electron chi connectivity index (χ3n) is 4.20. The molecule has 3 N–H and O–H groups in total. The smallest absolute Gasteiger partial charge is 0.311 e. The van der Waals surface area contributed by atoms with Gasteiger partial charge in [0.15, 0.2) is 0 Å².